The molecule has 1 atom stereocenters. The molecule has 0 aromatic heterocycles. The highest BCUT2D eigenvalue weighted by molar-refractivity contribution is 5.69. The third kappa shape index (κ3) is 37.5. The van der Waals surface area contributed by atoms with Gasteiger partial charge in [-0.1, -0.05) is 187 Å². The zero-order valence-electron chi connectivity index (χ0n) is 30.7. The zero-order chi connectivity index (χ0) is 32.7. The molecule has 0 saturated heterocycles. The topological polar surface area (TPSA) is 55.8 Å². The van der Waals surface area contributed by atoms with E-state index in [0.29, 0.717) is 19.6 Å². The van der Waals surface area contributed by atoms with Gasteiger partial charge in [-0.25, -0.2) is 0 Å². The van der Waals surface area contributed by atoms with E-state index in [1.165, 1.54) is 180 Å². The second-order valence-corrected chi connectivity index (χ2v) is 13.7. The molecule has 0 fully saturated rings. The lowest BCUT2D eigenvalue weighted by atomic mass is 10.0. The van der Waals surface area contributed by atoms with Crippen LogP contribution < -0.4 is 0 Å². The molecule has 0 bridgehead atoms. The van der Waals surface area contributed by atoms with Crippen LogP contribution in [0.1, 0.15) is 219 Å². The maximum atomic E-state index is 12.2. The van der Waals surface area contributed by atoms with Crippen molar-refractivity contribution in [2.75, 3.05) is 19.8 Å². The second kappa shape index (κ2) is 39.3. The van der Waals surface area contributed by atoms with Crippen LogP contribution in [0.15, 0.2) is 12.2 Å². The largest absolute Gasteiger partial charge is 0.457 e. The Hall–Kier alpha value is -0.870. The molecular formula is C41H80O4. The number of esters is 1. The van der Waals surface area contributed by atoms with Gasteiger partial charge >= 0.3 is 5.97 Å². The van der Waals surface area contributed by atoms with Crippen LogP contribution in [0.5, 0.6) is 0 Å². The van der Waals surface area contributed by atoms with Crippen LogP contribution in [0.2, 0.25) is 0 Å². The van der Waals surface area contributed by atoms with E-state index in [1.807, 2.05) is 0 Å². The van der Waals surface area contributed by atoms with E-state index in [-0.39, 0.29) is 12.6 Å². The fraction of sp³-hybridized carbons (Fsp3) is 0.927. The van der Waals surface area contributed by atoms with Gasteiger partial charge in [-0.2, -0.15) is 0 Å². The van der Waals surface area contributed by atoms with Crippen molar-refractivity contribution in [3.63, 3.8) is 0 Å². The Balaban J connectivity index is 3.38. The van der Waals surface area contributed by atoms with Crippen LogP contribution in [-0.2, 0) is 14.3 Å². The predicted molar refractivity (Wildman–Crippen MR) is 196 cm³/mol. The number of hydrogen-bond donors (Lipinski definition) is 1. The lowest BCUT2D eigenvalue weighted by Crippen LogP contribution is -2.27. The maximum Gasteiger partial charge on any atom is 0.306 e. The summed E-state index contributed by atoms with van der Waals surface area (Å²) in [6.45, 7) is 5.35. The fourth-order valence-electron chi connectivity index (χ4n) is 6.03. The number of hydrogen-bond acceptors (Lipinski definition) is 4. The molecule has 1 N–H and O–H groups in total. The monoisotopic (exact) mass is 637 g/mol. The van der Waals surface area contributed by atoms with Crippen LogP contribution in [0.3, 0.4) is 0 Å². The Bertz CT molecular complexity index is 590. The van der Waals surface area contributed by atoms with Crippen molar-refractivity contribution in [1.29, 1.82) is 0 Å². The second-order valence-electron chi connectivity index (χ2n) is 13.7. The van der Waals surface area contributed by atoms with Gasteiger partial charge in [-0.15, -0.1) is 0 Å². The third-order valence-electron chi connectivity index (χ3n) is 9.09. The smallest absolute Gasteiger partial charge is 0.306 e. The van der Waals surface area contributed by atoms with Crippen molar-refractivity contribution in [3.05, 3.63) is 12.2 Å². The molecule has 1 unspecified atom stereocenters. The lowest BCUT2D eigenvalue weighted by Gasteiger charge is -2.15. The van der Waals surface area contributed by atoms with Gasteiger partial charge in [0.1, 0.15) is 6.10 Å². The summed E-state index contributed by atoms with van der Waals surface area (Å²) in [4.78, 5) is 12.2. The minimum Gasteiger partial charge on any atom is -0.457 e. The Kier molecular flexibility index (Phi) is 38.5. The number of unbranched alkanes of at least 4 members (excludes halogenated alkanes) is 28. The lowest BCUT2D eigenvalue weighted by molar-refractivity contribution is -0.154. The molecule has 0 amide bonds. The summed E-state index contributed by atoms with van der Waals surface area (Å²) >= 11 is 0. The zero-order valence-corrected chi connectivity index (χ0v) is 30.7. The van der Waals surface area contributed by atoms with Crippen LogP contribution in [0.4, 0.5) is 0 Å². The van der Waals surface area contributed by atoms with Crippen LogP contribution >= 0.6 is 0 Å². The SMILES string of the molecule is CCCCCC/C=C\CCCCCCCCOCC(CO)OC(=O)CCCCCCCCCCCCCCCCCCCCC. The molecule has 45 heavy (non-hydrogen) atoms. The number of allylic oxidation sites excluding steroid dienone is 2. The third-order valence-corrected chi connectivity index (χ3v) is 9.09. The van der Waals surface area contributed by atoms with Gasteiger partial charge in [0.05, 0.1) is 13.2 Å². The number of ether oxygens (including phenoxy) is 2. The maximum absolute atomic E-state index is 12.2. The van der Waals surface area contributed by atoms with E-state index in [2.05, 4.69) is 26.0 Å². The van der Waals surface area contributed by atoms with Crippen LogP contribution in [-0.4, -0.2) is 37.0 Å². The first-order valence-corrected chi connectivity index (χ1v) is 20.3. The number of aliphatic hydroxyl groups excluding tert-OH is 1. The fourth-order valence-corrected chi connectivity index (χ4v) is 6.03. The molecule has 0 aromatic carbocycles. The molecule has 4 heteroatoms. The highest BCUT2D eigenvalue weighted by Gasteiger charge is 2.13. The van der Waals surface area contributed by atoms with Crippen molar-refractivity contribution >= 4 is 5.97 Å². The minimum absolute atomic E-state index is 0.169. The van der Waals surface area contributed by atoms with Crippen molar-refractivity contribution in [3.8, 4) is 0 Å². The van der Waals surface area contributed by atoms with Crippen molar-refractivity contribution in [1.82, 2.24) is 0 Å². The molecule has 0 spiro atoms. The summed E-state index contributed by atoms with van der Waals surface area (Å²) in [5.74, 6) is -0.198. The number of aliphatic hydroxyl groups is 1. The summed E-state index contributed by atoms with van der Waals surface area (Å²) < 4.78 is 11.1. The molecule has 0 heterocycles. The molecular weight excluding hydrogens is 556 g/mol. The molecule has 0 radical (unpaired) electrons. The molecule has 0 saturated carbocycles. The average molecular weight is 637 g/mol. The minimum atomic E-state index is -0.530. The average Bonchev–Trinajstić information content (AvgIpc) is 3.05. The van der Waals surface area contributed by atoms with Crippen LogP contribution in [0, 0.1) is 0 Å². The summed E-state index contributed by atoms with van der Waals surface area (Å²) in [6.07, 6.45) is 45.5. The molecule has 4 nitrogen and oxygen atoms in total. The summed E-state index contributed by atoms with van der Waals surface area (Å²) in [6, 6.07) is 0. The molecule has 0 aliphatic carbocycles. The van der Waals surface area contributed by atoms with E-state index in [1.54, 1.807) is 0 Å². The van der Waals surface area contributed by atoms with Gasteiger partial charge in [0, 0.05) is 13.0 Å². The van der Waals surface area contributed by atoms with Gasteiger partial charge in [0.25, 0.3) is 0 Å². The standard InChI is InChI=1S/C41H80O4/c1-3-5-7-9-11-13-15-17-19-20-21-22-23-24-26-28-30-32-34-36-41(43)45-40(38-42)39-44-37-35-33-31-29-27-25-18-16-14-12-10-8-6-4-2/h14,16,40,42H,3-13,15,17-39H2,1-2H3/b16-14-. The van der Waals surface area contributed by atoms with Crippen LogP contribution in [0.25, 0.3) is 0 Å². The number of rotatable bonds is 38. The van der Waals surface area contributed by atoms with Gasteiger partial charge in [0.2, 0.25) is 0 Å². The quantitative estimate of drug-likeness (QED) is 0.0416. The summed E-state index contributed by atoms with van der Waals surface area (Å²) in [5.41, 5.74) is 0. The Morgan fingerprint density at radius 2 is 0.867 bits per heavy atom. The van der Waals surface area contributed by atoms with E-state index in [9.17, 15) is 9.90 Å². The highest BCUT2D eigenvalue weighted by atomic mass is 16.6. The molecule has 0 aliphatic heterocycles. The first kappa shape index (κ1) is 44.1. The van der Waals surface area contributed by atoms with E-state index in [0.717, 1.165) is 19.3 Å². The summed E-state index contributed by atoms with van der Waals surface area (Å²) in [7, 11) is 0. The van der Waals surface area contributed by atoms with Gasteiger partial charge in [0.15, 0.2) is 0 Å². The van der Waals surface area contributed by atoms with Gasteiger partial charge in [-0.05, 0) is 38.5 Å². The molecule has 268 valence electrons. The Morgan fingerprint density at radius 1 is 0.511 bits per heavy atom. The normalized spacial score (nSPS) is 12.3. The first-order valence-electron chi connectivity index (χ1n) is 20.3. The van der Waals surface area contributed by atoms with E-state index in [4.69, 9.17) is 9.47 Å². The Labute approximate surface area is 282 Å². The molecule has 0 aromatic rings. The van der Waals surface area contributed by atoms with Crippen molar-refractivity contribution in [2.24, 2.45) is 0 Å². The van der Waals surface area contributed by atoms with E-state index < -0.39 is 6.10 Å². The first-order chi connectivity index (χ1) is 22.2. The predicted octanol–water partition coefficient (Wildman–Crippen LogP) is 13.0. The highest BCUT2D eigenvalue weighted by Crippen LogP contribution is 2.15. The Morgan fingerprint density at radius 3 is 1.29 bits per heavy atom. The van der Waals surface area contributed by atoms with Crippen molar-refractivity contribution in [2.45, 2.75) is 225 Å². The molecule has 0 rings (SSSR count). The summed E-state index contributed by atoms with van der Waals surface area (Å²) in [5, 5.41) is 9.57. The number of carbonyl (C=O) groups excluding carboxylic acids is 1. The number of carbonyl (C=O) groups is 1. The van der Waals surface area contributed by atoms with E-state index >= 15 is 0 Å². The molecule has 0 aliphatic rings. The van der Waals surface area contributed by atoms with Crippen molar-refractivity contribution < 1.29 is 19.4 Å². The van der Waals surface area contributed by atoms with Gasteiger partial charge in [-0.3, -0.25) is 4.79 Å². The van der Waals surface area contributed by atoms with Gasteiger partial charge < -0.3 is 14.6 Å².